The van der Waals surface area contributed by atoms with Gasteiger partial charge in [-0.3, -0.25) is 4.79 Å². The minimum atomic E-state index is -0.117. The summed E-state index contributed by atoms with van der Waals surface area (Å²) < 4.78 is 0.804. The highest BCUT2D eigenvalue weighted by molar-refractivity contribution is 9.10. The van der Waals surface area contributed by atoms with Crippen molar-refractivity contribution in [2.24, 2.45) is 0 Å². The fourth-order valence-electron chi connectivity index (χ4n) is 2.15. The lowest BCUT2D eigenvalue weighted by molar-refractivity contribution is 0.0939. The van der Waals surface area contributed by atoms with E-state index in [-0.39, 0.29) is 11.9 Å². The fourth-order valence-corrected chi connectivity index (χ4v) is 2.62. The summed E-state index contributed by atoms with van der Waals surface area (Å²) in [6.07, 6.45) is 0. The fraction of sp³-hybridized carbons (Fsp3) is 0.235. The van der Waals surface area contributed by atoms with Crippen LogP contribution in [0.1, 0.15) is 40.0 Å². The molecule has 3 nitrogen and oxygen atoms in total. The normalized spacial score (nSPS) is 12.0. The summed E-state index contributed by atoms with van der Waals surface area (Å²) in [6.45, 7) is 5.87. The maximum atomic E-state index is 12.4. The number of anilines is 1. The zero-order valence-corrected chi connectivity index (χ0v) is 14.0. The van der Waals surface area contributed by atoms with Gasteiger partial charge in [0.05, 0.1) is 6.04 Å². The van der Waals surface area contributed by atoms with Crippen molar-refractivity contribution in [3.05, 3.63) is 63.1 Å². The molecule has 0 fully saturated rings. The highest BCUT2D eigenvalue weighted by Gasteiger charge is 2.15. The summed E-state index contributed by atoms with van der Waals surface area (Å²) >= 11 is 3.37. The zero-order chi connectivity index (χ0) is 15.6. The molecule has 2 aromatic carbocycles. The molecule has 0 aromatic heterocycles. The highest BCUT2D eigenvalue weighted by atomic mass is 79.9. The van der Waals surface area contributed by atoms with Crippen LogP contribution in [0.4, 0.5) is 5.69 Å². The number of nitrogens with two attached hydrogens (primary N) is 1. The number of rotatable bonds is 3. The number of hydrogen-bond donors (Lipinski definition) is 2. The van der Waals surface area contributed by atoms with Crippen LogP contribution in [0.2, 0.25) is 0 Å². The first-order valence-electron chi connectivity index (χ1n) is 6.81. The summed E-state index contributed by atoms with van der Waals surface area (Å²) in [5, 5.41) is 3.01. The molecule has 1 unspecified atom stereocenters. The Hall–Kier alpha value is -1.81. The highest BCUT2D eigenvalue weighted by Crippen LogP contribution is 2.23. The van der Waals surface area contributed by atoms with Crippen LogP contribution in [0.15, 0.2) is 40.9 Å². The van der Waals surface area contributed by atoms with Crippen molar-refractivity contribution in [3.63, 3.8) is 0 Å². The molecule has 3 N–H and O–H groups in total. The lowest BCUT2D eigenvalue weighted by atomic mass is 10.0. The van der Waals surface area contributed by atoms with Gasteiger partial charge >= 0.3 is 0 Å². The summed E-state index contributed by atoms with van der Waals surface area (Å²) in [5.41, 5.74) is 10.2. The van der Waals surface area contributed by atoms with Crippen LogP contribution in [-0.2, 0) is 0 Å². The van der Waals surface area contributed by atoms with E-state index in [4.69, 9.17) is 5.73 Å². The molecule has 1 atom stereocenters. The molecular formula is C17H19BrN2O. The Morgan fingerprint density at radius 3 is 2.43 bits per heavy atom. The second-order valence-electron chi connectivity index (χ2n) is 5.27. The van der Waals surface area contributed by atoms with E-state index in [1.807, 2.05) is 45.0 Å². The Balaban J connectivity index is 2.20. The van der Waals surface area contributed by atoms with Gasteiger partial charge in [0.1, 0.15) is 0 Å². The number of benzene rings is 2. The Morgan fingerprint density at radius 1 is 1.19 bits per heavy atom. The predicted molar refractivity (Wildman–Crippen MR) is 90.4 cm³/mol. The van der Waals surface area contributed by atoms with E-state index in [2.05, 4.69) is 21.2 Å². The topological polar surface area (TPSA) is 55.1 Å². The lowest BCUT2D eigenvalue weighted by Crippen LogP contribution is -2.27. The molecule has 0 radical (unpaired) electrons. The van der Waals surface area contributed by atoms with Gasteiger partial charge in [0.2, 0.25) is 0 Å². The molecule has 1 amide bonds. The monoisotopic (exact) mass is 346 g/mol. The molecule has 2 rings (SSSR count). The number of hydrogen-bond acceptors (Lipinski definition) is 2. The van der Waals surface area contributed by atoms with Crippen LogP contribution in [0.25, 0.3) is 0 Å². The van der Waals surface area contributed by atoms with Crippen molar-refractivity contribution in [3.8, 4) is 0 Å². The average molecular weight is 347 g/mol. The molecule has 0 spiro atoms. The van der Waals surface area contributed by atoms with Crippen LogP contribution in [-0.4, -0.2) is 5.91 Å². The minimum absolute atomic E-state index is 0.0577. The quantitative estimate of drug-likeness (QED) is 0.820. The van der Waals surface area contributed by atoms with Gasteiger partial charge in [-0.15, -0.1) is 0 Å². The van der Waals surface area contributed by atoms with E-state index in [9.17, 15) is 4.79 Å². The second-order valence-corrected chi connectivity index (χ2v) is 6.19. The summed E-state index contributed by atoms with van der Waals surface area (Å²) in [4.78, 5) is 12.4. The summed E-state index contributed by atoms with van der Waals surface area (Å²) in [7, 11) is 0. The maximum Gasteiger partial charge on any atom is 0.252 e. The van der Waals surface area contributed by atoms with E-state index < -0.39 is 0 Å². The molecule has 21 heavy (non-hydrogen) atoms. The van der Waals surface area contributed by atoms with Gasteiger partial charge in [-0.1, -0.05) is 45.8 Å². The van der Waals surface area contributed by atoms with Gasteiger partial charge < -0.3 is 11.1 Å². The number of aryl methyl sites for hydroxylation is 1. The van der Waals surface area contributed by atoms with Crippen LogP contribution in [0, 0.1) is 13.8 Å². The molecule has 0 saturated carbocycles. The van der Waals surface area contributed by atoms with E-state index in [1.54, 1.807) is 12.1 Å². The molecular weight excluding hydrogens is 328 g/mol. The Bertz CT molecular complexity index is 665. The zero-order valence-electron chi connectivity index (χ0n) is 12.4. The number of nitrogens with one attached hydrogen (secondary N) is 1. The van der Waals surface area contributed by atoms with E-state index >= 15 is 0 Å². The number of carbonyl (C=O) groups is 1. The predicted octanol–water partition coefficient (Wildman–Crippen LogP) is 4.14. The maximum absolute atomic E-state index is 12.4. The summed E-state index contributed by atoms with van der Waals surface area (Å²) in [5.74, 6) is -0.117. The van der Waals surface area contributed by atoms with Gasteiger partial charge in [-0.05, 0) is 44.0 Å². The van der Waals surface area contributed by atoms with Crippen LogP contribution in [0.5, 0.6) is 0 Å². The molecule has 110 valence electrons. The first kappa shape index (κ1) is 15.6. The Kier molecular flexibility index (Phi) is 4.68. The molecule has 0 bridgehead atoms. The van der Waals surface area contributed by atoms with Crippen molar-refractivity contribution in [2.75, 3.05) is 5.73 Å². The number of halogens is 1. The third-order valence-corrected chi connectivity index (χ3v) is 4.04. The first-order chi connectivity index (χ1) is 9.88. The second kappa shape index (κ2) is 6.31. The standard InChI is InChI=1S/C17H19BrN2O/c1-10-4-6-13(7-5-10)12(3)20-17(21)15-8-14(18)9-16(19)11(15)2/h4-9,12H,19H2,1-3H3,(H,20,21). The van der Waals surface area contributed by atoms with Gasteiger partial charge in [-0.25, -0.2) is 0 Å². The summed E-state index contributed by atoms with van der Waals surface area (Å²) in [6, 6.07) is 11.7. The average Bonchev–Trinajstić information content (AvgIpc) is 2.43. The Morgan fingerprint density at radius 2 is 1.81 bits per heavy atom. The molecule has 0 saturated heterocycles. The molecule has 0 heterocycles. The van der Waals surface area contributed by atoms with Gasteiger partial charge in [0.25, 0.3) is 5.91 Å². The van der Waals surface area contributed by atoms with E-state index in [0.29, 0.717) is 11.3 Å². The first-order valence-corrected chi connectivity index (χ1v) is 7.61. The molecule has 0 aliphatic carbocycles. The molecule has 0 aliphatic rings. The van der Waals surface area contributed by atoms with Crippen molar-refractivity contribution in [1.29, 1.82) is 0 Å². The van der Waals surface area contributed by atoms with Crippen LogP contribution < -0.4 is 11.1 Å². The minimum Gasteiger partial charge on any atom is -0.398 e. The third-order valence-electron chi connectivity index (χ3n) is 3.58. The largest absolute Gasteiger partial charge is 0.398 e. The number of amides is 1. The molecule has 4 heteroatoms. The van der Waals surface area contributed by atoms with Gasteiger partial charge in [0, 0.05) is 15.7 Å². The SMILES string of the molecule is Cc1ccc(C(C)NC(=O)c2cc(Br)cc(N)c2C)cc1. The van der Waals surface area contributed by atoms with Crippen LogP contribution >= 0.6 is 15.9 Å². The number of carbonyl (C=O) groups excluding carboxylic acids is 1. The van der Waals surface area contributed by atoms with Crippen LogP contribution in [0.3, 0.4) is 0 Å². The third kappa shape index (κ3) is 3.64. The van der Waals surface area contributed by atoms with Gasteiger partial charge in [-0.2, -0.15) is 0 Å². The van der Waals surface area contributed by atoms with E-state index in [0.717, 1.165) is 15.6 Å². The molecule has 0 aliphatic heterocycles. The van der Waals surface area contributed by atoms with Gasteiger partial charge in [0.15, 0.2) is 0 Å². The number of nitrogen functional groups attached to an aromatic ring is 1. The van der Waals surface area contributed by atoms with Crippen molar-refractivity contribution in [2.45, 2.75) is 26.8 Å². The van der Waals surface area contributed by atoms with Crippen molar-refractivity contribution in [1.82, 2.24) is 5.32 Å². The van der Waals surface area contributed by atoms with Crippen molar-refractivity contribution < 1.29 is 4.79 Å². The Labute approximate surface area is 133 Å². The lowest BCUT2D eigenvalue weighted by Gasteiger charge is -2.16. The molecule has 2 aromatic rings. The smallest absolute Gasteiger partial charge is 0.252 e. The van der Waals surface area contributed by atoms with E-state index in [1.165, 1.54) is 5.56 Å². The van der Waals surface area contributed by atoms with Crippen molar-refractivity contribution >= 4 is 27.5 Å².